The van der Waals surface area contributed by atoms with Crippen LogP contribution in [-0.4, -0.2) is 19.1 Å². The minimum Gasteiger partial charge on any atom is -0.464 e. The fourth-order valence-corrected chi connectivity index (χ4v) is 1.35. The molecule has 3 nitrogen and oxygen atoms in total. The lowest BCUT2D eigenvalue weighted by Gasteiger charge is -2.07. The van der Waals surface area contributed by atoms with E-state index in [1.54, 1.807) is 18.2 Å². The first kappa shape index (κ1) is 13.1. The number of hydrogen-bond acceptors (Lipinski definition) is 3. The van der Waals surface area contributed by atoms with Crippen LogP contribution in [0.4, 0.5) is 5.69 Å². The second-order valence-corrected chi connectivity index (χ2v) is 4.02. The zero-order valence-electron chi connectivity index (χ0n) is 8.93. The Bertz CT molecular complexity index is 369. The van der Waals surface area contributed by atoms with Crippen LogP contribution in [0.3, 0.4) is 0 Å². The van der Waals surface area contributed by atoms with E-state index in [1.165, 1.54) is 0 Å². The van der Waals surface area contributed by atoms with Gasteiger partial charge in [-0.05, 0) is 24.6 Å². The predicted octanol–water partition coefficient (Wildman–Crippen LogP) is 3.36. The topological polar surface area (TPSA) is 38.3 Å². The molecule has 0 aliphatic carbocycles. The molecule has 0 saturated carbocycles. The van der Waals surface area contributed by atoms with Crippen molar-refractivity contribution in [2.75, 3.05) is 18.5 Å². The SMILES string of the molecule is CCCOC(=O)CNc1ccc(Cl)c(Cl)c1. The van der Waals surface area contributed by atoms with Crippen LogP contribution in [0.5, 0.6) is 0 Å². The average Bonchev–Trinajstić information content (AvgIpc) is 2.28. The molecular formula is C11H13Cl2NO2. The van der Waals surface area contributed by atoms with Gasteiger partial charge in [-0.2, -0.15) is 0 Å². The van der Waals surface area contributed by atoms with Gasteiger partial charge >= 0.3 is 5.97 Å². The van der Waals surface area contributed by atoms with E-state index < -0.39 is 0 Å². The third kappa shape index (κ3) is 4.29. The summed E-state index contributed by atoms with van der Waals surface area (Å²) in [5.74, 6) is -0.284. The van der Waals surface area contributed by atoms with Crippen LogP contribution in [0, 0.1) is 0 Å². The number of rotatable bonds is 5. The molecule has 0 fully saturated rings. The maximum Gasteiger partial charge on any atom is 0.325 e. The highest BCUT2D eigenvalue weighted by molar-refractivity contribution is 6.42. The standard InChI is InChI=1S/C11H13Cl2NO2/c1-2-5-16-11(15)7-14-8-3-4-9(12)10(13)6-8/h3-4,6,14H,2,5,7H2,1H3. The van der Waals surface area contributed by atoms with Gasteiger partial charge < -0.3 is 10.1 Å². The maximum absolute atomic E-state index is 11.2. The van der Waals surface area contributed by atoms with E-state index in [4.69, 9.17) is 27.9 Å². The molecule has 1 aromatic carbocycles. The second-order valence-electron chi connectivity index (χ2n) is 3.20. The first-order valence-electron chi connectivity index (χ1n) is 4.98. The van der Waals surface area contributed by atoms with E-state index in [0.29, 0.717) is 16.7 Å². The van der Waals surface area contributed by atoms with Crippen molar-refractivity contribution >= 4 is 34.9 Å². The molecule has 0 aliphatic rings. The number of esters is 1. The van der Waals surface area contributed by atoms with Crippen molar-refractivity contribution in [2.24, 2.45) is 0 Å². The minimum absolute atomic E-state index is 0.123. The molecule has 0 amide bonds. The zero-order valence-corrected chi connectivity index (χ0v) is 10.4. The van der Waals surface area contributed by atoms with E-state index in [1.807, 2.05) is 6.92 Å². The smallest absolute Gasteiger partial charge is 0.325 e. The minimum atomic E-state index is -0.284. The summed E-state index contributed by atoms with van der Waals surface area (Å²) in [7, 11) is 0. The Morgan fingerprint density at radius 2 is 2.12 bits per heavy atom. The third-order valence-corrected chi connectivity index (χ3v) is 2.56. The molecule has 1 aromatic rings. The number of halogens is 2. The van der Waals surface area contributed by atoms with Crippen LogP contribution in [0.15, 0.2) is 18.2 Å². The van der Waals surface area contributed by atoms with E-state index >= 15 is 0 Å². The summed E-state index contributed by atoms with van der Waals surface area (Å²) in [6, 6.07) is 5.09. The lowest BCUT2D eigenvalue weighted by atomic mass is 10.3. The lowest BCUT2D eigenvalue weighted by Crippen LogP contribution is -2.17. The fourth-order valence-electron chi connectivity index (χ4n) is 1.05. The van der Waals surface area contributed by atoms with Gasteiger partial charge in [0.1, 0.15) is 6.54 Å². The molecule has 0 heterocycles. The van der Waals surface area contributed by atoms with Crippen LogP contribution in [-0.2, 0) is 9.53 Å². The Morgan fingerprint density at radius 3 is 2.75 bits per heavy atom. The van der Waals surface area contributed by atoms with Crippen LogP contribution in [0.2, 0.25) is 10.0 Å². The first-order valence-corrected chi connectivity index (χ1v) is 5.73. The number of hydrogen-bond donors (Lipinski definition) is 1. The van der Waals surface area contributed by atoms with Gasteiger partial charge in [-0.25, -0.2) is 0 Å². The Hall–Kier alpha value is -0.930. The van der Waals surface area contributed by atoms with Crippen LogP contribution in [0.1, 0.15) is 13.3 Å². The Balaban J connectivity index is 2.42. The van der Waals surface area contributed by atoms with Gasteiger partial charge in [-0.15, -0.1) is 0 Å². The van der Waals surface area contributed by atoms with E-state index in [-0.39, 0.29) is 12.5 Å². The summed E-state index contributed by atoms with van der Waals surface area (Å²) in [6.45, 7) is 2.51. The molecule has 88 valence electrons. The summed E-state index contributed by atoms with van der Waals surface area (Å²) in [4.78, 5) is 11.2. The summed E-state index contributed by atoms with van der Waals surface area (Å²) in [5, 5.41) is 3.84. The average molecular weight is 262 g/mol. The summed E-state index contributed by atoms with van der Waals surface area (Å²) >= 11 is 11.6. The van der Waals surface area contributed by atoms with Crippen LogP contribution < -0.4 is 5.32 Å². The molecule has 0 saturated heterocycles. The summed E-state index contributed by atoms with van der Waals surface area (Å²) in [5.41, 5.74) is 0.739. The normalized spacial score (nSPS) is 9.94. The second kappa shape index (κ2) is 6.61. The van der Waals surface area contributed by atoms with Crippen molar-refractivity contribution in [1.29, 1.82) is 0 Å². The number of carbonyl (C=O) groups excluding carboxylic acids is 1. The highest BCUT2D eigenvalue weighted by Gasteiger charge is 2.03. The molecule has 1 rings (SSSR count). The number of ether oxygens (including phenoxy) is 1. The van der Waals surface area contributed by atoms with Crippen LogP contribution in [0.25, 0.3) is 0 Å². The van der Waals surface area contributed by atoms with Crippen molar-refractivity contribution in [1.82, 2.24) is 0 Å². The van der Waals surface area contributed by atoms with Gasteiger partial charge in [-0.3, -0.25) is 4.79 Å². The first-order chi connectivity index (χ1) is 7.63. The monoisotopic (exact) mass is 261 g/mol. The highest BCUT2D eigenvalue weighted by Crippen LogP contribution is 2.24. The summed E-state index contributed by atoms with van der Waals surface area (Å²) < 4.78 is 4.91. The number of anilines is 1. The van der Waals surface area contributed by atoms with E-state index in [9.17, 15) is 4.79 Å². The van der Waals surface area contributed by atoms with Crippen LogP contribution >= 0.6 is 23.2 Å². The molecule has 0 aromatic heterocycles. The van der Waals surface area contributed by atoms with E-state index in [0.717, 1.165) is 12.1 Å². The summed E-state index contributed by atoms with van der Waals surface area (Å²) in [6.07, 6.45) is 0.818. The maximum atomic E-state index is 11.2. The quantitative estimate of drug-likeness (QED) is 0.827. The number of benzene rings is 1. The molecule has 0 bridgehead atoms. The molecule has 16 heavy (non-hydrogen) atoms. The van der Waals surface area contributed by atoms with Gasteiger partial charge in [0.25, 0.3) is 0 Å². The molecule has 0 atom stereocenters. The van der Waals surface area contributed by atoms with Gasteiger partial charge in [-0.1, -0.05) is 30.1 Å². The number of carbonyl (C=O) groups is 1. The lowest BCUT2D eigenvalue weighted by molar-refractivity contribution is -0.141. The molecular weight excluding hydrogens is 249 g/mol. The molecule has 0 radical (unpaired) electrons. The van der Waals surface area contributed by atoms with Gasteiger partial charge in [0.2, 0.25) is 0 Å². The Labute approximate surface area is 105 Å². The Kier molecular flexibility index (Phi) is 5.43. The molecule has 0 unspecified atom stereocenters. The van der Waals surface area contributed by atoms with Crippen molar-refractivity contribution in [3.63, 3.8) is 0 Å². The molecule has 1 N–H and O–H groups in total. The third-order valence-electron chi connectivity index (χ3n) is 1.82. The van der Waals surface area contributed by atoms with Crippen molar-refractivity contribution in [2.45, 2.75) is 13.3 Å². The van der Waals surface area contributed by atoms with Gasteiger partial charge in [0, 0.05) is 5.69 Å². The van der Waals surface area contributed by atoms with E-state index in [2.05, 4.69) is 5.32 Å². The fraction of sp³-hybridized carbons (Fsp3) is 0.364. The van der Waals surface area contributed by atoms with Gasteiger partial charge in [0.05, 0.1) is 16.7 Å². The predicted molar refractivity (Wildman–Crippen MR) is 66.2 cm³/mol. The molecule has 0 spiro atoms. The zero-order chi connectivity index (χ0) is 12.0. The van der Waals surface area contributed by atoms with Gasteiger partial charge in [0.15, 0.2) is 0 Å². The van der Waals surface area contributed by atoms with Crippen molar-refractivity contribution < 1.29 is 9.53 Å². The van der Waals surface area contributed by atoms with Crippen molar-refractivity contribution in [3.05, 3.63) is 28.2 Å². The molecule has 0 aliphatic heterocycles. The number of nitrogens with one attached hydrogen (secondary N) is 1. The Morgan fingerprint density at radius 1 is 1.38 bits per heavy atom. The largest absolute Gasteiger partial charge is 0.464 e. The van der Waals surface area contributed by atoms with Crippen molar-refractivity contribution in [3.8, 4) is 0 Å². The highest BCUT2D eigenvalue weighted by atomic mass is 35.5. The molecule has 5 heteroatoms.